The second-order valence-electron chi connectivity index (χ2n) is 7.43. The molecule has 0 spiro atoms. The fourth-order valence-electron chi connectivity index (χ4n) is 3.42. The van der Waals surface area contributed by atoms with Crippen molar-refractivity contribution in [1.29, 1.82) is 0 Å². The van der Waals surface area contributed by atoms with Crippen molar-refractivity contribution in [2.45, 2.75) is 25.1 Å². The molecule has 31 heavy (non-hydrogen) atoms. The molecule has 160 valence electrons. The predicted molar refractivity (Wildman–Crippen MR) is 111 cm³/mol. The van der Waals surface area contributed by atoms with E-state index in [0.29, 0.717) is 30.9 Å². The highest BCUT2D eigenvalue weighted by Gasteiger charge is 2.30. The van der Waals surface area contributed by atoms with Gasteiger partial charge in [0.2, 0.25) is 5.91 Å². The third-order valence-electron chi connectivity index (χ3n) is 4.99. The summed E-state index contributed by atoms with van der Waals surface area (Å²) in [6, 6.07) is 10.3. The van der Waals surface area contributed by atoms with Crippen molar-refractivity contribution in [2.75, 3.05) is 17.2 Å². The molecule has 3 aromatic rings. The molecule has 4 rings (SSSR count). The minimum Gasteiger partial charge on any atom is -0.367 e. The number of hydrogen-bond acceptors (Lipinski definition) is 5. The highest BCUT2D eigenvalue weighted by molar-refractivity contribution is 5.99. The van der Waals surface area contributed by atoms with Crippen LogP contribution < -0.4 is 16.4 Å². The van der Waals surface area contributed by atoms with E-state index in [4.69, 9.17) is 5.73 Å². The molecule has 1 aromatic heterocycles. The molecule has 0 saturated carbocycles. The van der Waals surface area contributed by atoms with Gasteiger partial charge in [0.05, 0.1) is 30.1 Å². The Kier molecular flexibility index (Phi) is 5.60. The fourth-order valence-corrected chi connectivity index (χ4v) is 3.42. The zero-order valence-electron chi connectivity index (χ0n) is 16.4. The number of rotatable bonds is 6. The van der Waals surface area contributed by atoms with Crippen LogP contribution in [-0.4, -0.2) is 28.5 Å². The van der Waals surface area contributed by atoms with E-state index >= 15 is 0 Å². The first-order chi connectivity index (χ1) is 14.8. The highest BCUT2D eigenvalue weighted by Crippen LogP contribution is 2.30. The maximum absolute atomic E-state index is 12.7. The van der Waals surface area contributed by atoms with E-state index < -0.39 is 11.7 Å². The van der Waals surface area contributed by atoms with Crippen molar-refractivity contribution >= 4 is 17.4 Å². The number of benzene rings is 2. The van der Waals surface area contributed by atoms with Crippen LogP contribution in [0.1, 0.15) is 16.7 Å². The van der Waals surface area contributed by atoms with Crippen molar-refractivity contribution in [3.63, 3.8) is 0 Å². The van der Waals surface area contributed by atoms with Gasteiger partial charge in [-0.2, -0.15) is 13.2 Å². The zero-order valence-corrected chi connectivity index (χ0v) is 16.4. The Morgan fingerprint density at radius 2 is 1.90 bits per heavy atom. The summed E-state index contributed by atoms with van der Waals surface area (Å²) in [6.45, 7) is 0.377. The number of halogens is 3. The third-order valence-corrected chi connectivity index (χ3v) is 4.99. The van der Waals surface area contributed by atoms with E-state index in [1.54, 1.807) is 12.4 Å². The van der Waals surface area contributed by atoms with Gasteiger partial charge >= 0.3 is 6.18 Å². The second-order valence-corrected chi connectivity index (χ2v) is 7.43. The number of amides is 1. The molecule has 9 heteroatoms. The topological polar surface area (TPSA) is 92.9 Å². The lowest BCUT2D eigenvalue weighted by atomic mass is 10.0. The maximum Gasteiger partial charge on any atom is 0.416 e. The number of aromatic nitrogens is 2. The quantitative estimate of drug-likeness (QED) is 0.559. The minimum absolute atomic E-state index is 0.0318. The molecule has 2 aromatic carbocycles. The van der Waals surface area contributed by atoms with Crippen LogP contribution in [0.5, 0.6) is 0 Å². The average Bonchev–Trinajstić information content (AvgIpc) is 3.11. The number of alkyl halides is 3. The van der Waals surface area contributed by atoms with Crippen LogP contribution in [-0.2, 0) is 23.8 Å². The van der Waals surface area contributed by atoms with Crippen molar-refractivity contribution in [3.8, 4) is 11.3 Å². The molecule has 0 radical (unpaired) electrons. The Morgan fingerprint density at radius 3 is 2.65 bits per heavy atom. The molecule has 0 unspecified atom stereocenters. The summed E-state index contributed by atoms with van der Waals surface area (Å²) in [7, 11) is 0. The maximum atomic E-state index is 12.7. The van der Waals surface area contributed by atoms with Crippen molar-refractivity contribution < 1.29 is 18.0 Å². The van der Waals surface area contributed by atoms with Crippen LogP contribution in [0, 0.1) is 0 Å². The van der Waals surface area contributed by atoms with Gasteiger partial charge < -0.3 is 16.4 Å². The number of anilines is 2. The Morgan fingerprint density at radius 1 is 1.13 bits per heavy atom. The van der Waals surface area contributed by atoms with E-state index in [0.717, 1.165) is 34.5 Å². The van der Waals surface area contributed by atoms with E-state index in [-0.39, 0.29) is 11.9 Å². The van der Waals surface area contributed by atoms with Crippen LogP contribution in [0.4, 0.5) is 24.7 Å². The number of nitrogens with one attached hydrogen (secondary N) is 2. The van der Waals surface area contributed by atoms with Gasteiger partial charge in [-0.05, 0) is 41.8 Å². The molecule has 0 aliphatic carbocycles. The minimum atomic E-state index is -4.35. The molecule has 2 heterocycles. The summed E-state index contributed by atoms with van der Waals surface area (Å²) in [5.74, 6) is 0.505. The first-order valence-corrected chi connectivity index (χ1v) is 9.69. The molecule has 4 N–H and O–H groups in total. The van der Waals surface area contributed by atoms with E-state index in [9.17, 15) is 18.0 Å². The monoisotopic (exact) mass is 427 g/mol. The van der Waals surface area contributed by atoms with Crippen LogP contribution in [0.25, 0.3) is 11.3 Å². The summed E-state index contributed by atoms with van der Waals surface area (Å²) in [5, 5.41) is 5.92. The third kappa shape index (κ3) is 5.00. The predicted octanol–water partition coefficient (Wildman–Crippen LogP) is 3.64. The van der Waals surface area contributed by atoms with Crippen LogP contribution in [0.15, 0.2) is 54.9 Å². The highest BCUT2D eigenvalue weighted by atomic mass is 19.4. The number of nitrogens with zero attached hydrogens (tertiary/aromatic N) is 2. The van der Waals surface area contributed by atoms with Crippen LogP contribution in [0.3, 0.4) is 0 Å². The summed E-state index contributed by atoms with van der Waals surface area (Å²) in [6.07, 6.45) is -0.375. The largest absolute Gasteiger partial charge is 0.416 e. The smallest absolute Gasteiger partial charge is 0.367 e. The first kappa shape index (κ1) is 20.8. The fraction of sp³-hybridized carbons (Fsp3) is 0.227. The van der Waals surface area contributed by atoms with Crippen LogP contribution in [0.2, 0.25) is 0 Å². The lowest BCUT2D eigenvalue weighted by Crippen LogP contribution is -2.31. The molecule has 6 nitrogen and oxygen atoms in total. The number of nitrogens with two attached hydrogens (primary N) is 1. The molecule has 1 atom stereocenters. The van der Waals surface area contributed by atoms with Gasteiger partial charge in [0.15, 0.2) is 0 Å². The lowest BCUT2D eigenvalue weighted by molar-refractivity contribution is -0.137. The molecule has 0 fully saturated rings. The second kappa shape index (κ2) is 8.35. The average molecular weight is 427 g/mol. The molecule has 1 amide bonds. The molecule has 0 bridgehead atoms. The lowest BCUT2D eigenvalue weighted by Gasteiger charge is -2.14. The number of carbonyl (C=O) groups is 1. The Bertz CT molecular complexity index is 1100. The SMILES string of the molecule is N[C@H](CNc1cncc(-c2ccc3c(c2)CC(=O)N3)n1)Cc1ccc(C(F)(F)F)cc1. The molecule has 1 aliphatic heterocycles. The number of carbonyl (C=O) groups excluding carboxylic acids is 1. The van der Waals surface area contributed by atoms with Gasteiger partial charge in [-0.15, -0.1) is 0 Å². The van der Waals surface area contributed by atoms with Crippen LogP contribution >= 0.6 is 0 Å². The first-order valence-electron chi connectivity index (χ1n) is 9.69. The normalized spacial score (nSPS) is 14.1. The summed E-state index contributed by atoms with van der Waals surface area (Å²) in [4.78, 5) is 20.3. The number of fused-ring (bicyclic) bond motifs is 1. The van der Waals surface area contributed by atoms with Crippen molar-refractivity contribution in [1.82, 2.24) is 9.97 Å². The number of hydrogen-bond donors (Lipinski definition) is 3. The van der Waals surface area contributed by atoms with Gasteiger partial charge in [-0.25, -0.2) is 4.98 Å². The molecular formula is C22H20F3N5O. The molecule has 1 aliphatic rings. The van der Waals surface area contributed by atoms with Gasteiger partial charge in [0.25, 0.3) is 0 Å². The van der Waals surface area contributed by atoms with E-state index in [1.807, 2.05) is 18.2 Å². The van der Waals surface area contributed by atoms with E-state index in [2.05, 4.69) is 20.6 Å². The Balaban J connectivity index is 1.37. The zero-order chi connectivity index (χ0) is 22.0. The van der Waals surface area contributed by atoms with Crippen molar-refractivity contribution in [3.05, 3.63) is 71.5 Å². The van der Waals surface area contributed by atoms with Gasteiger partial charge in [-0.3, -0.25) is 9.78 Å². The van der Waals surface area contributed by atoms with E-state index in [1.165, 1.54) is 12.1 Å². The van der Waals surface area contributed by atoms with Gasteiger partial charge in [-0.1, -0.05) is 18.2 Å². The Hall–Kier alpha value is -3.46. The summed E-state index contributed by atoms with van der Waals surface area (Å²) < 4.78 is 38.0. The van der Waals surface area contributed by atoms with Crippen molar-refractivity contribution in [2.24, 2.45) is 5.73 Å². The van der Waals surface area contributed by atoms with Gasteiger partial charge in [0.1, 0.15) is 5.82 Å². The van der Waals surface area contributed by atoms with Gasteiger partial charge in [0, 0.05) is 23.8 Å². The summed E-state index contributed by atoms with van der Waals surface area (Å²) in [5.41, 5.74) is 9.41. The molecule has 0 saturated heterocycles. The summed E-state index contributed by atoms with van der Waals surface area (Å²) >= 11 is 0. The standard InChI is InChI=1S/C22H20F3N5O/c23-22(24,25)16-4-1-13(2-5-16)7-17(26)10-28-20-12-27-11-19(29-20)14-3-6-18-15(8-14)9-21(31)30-18/h1-6,8,11-12,17H,7,9-10,26H2,(H,28,29)(H,30,31)/t17-/m0/s1. The Labute approximate surface area is 176 Å². The molecular weight excluding hydrogens is 407 g/mol.